The number of nitrogens with zero attached hydrogens (tertiary/aromatic N) is 3. The van der Waals surface area contributed by atoms with Crippen molar-refractivity contribution in [3.63, 3.8) is 0 Å². The maximum absolute atomic E-state index is 12.7. The van der Waals surface area contributed by atoms with Crippen molar-refractivity contribution >= 4 is 36.5 Å². The number of ether oxygens (including phenoxy) is 1. The summed E-state index contributed by atoms with van der Waals surface area (Å²) in [4.78, 5) is 24.2. The standard InChI is InChI=1S/C21H26N4O2.2ClH/c1-14-18-9-10-19(26)25(13-15-5-7-17(27-2)8-6-15)21(18)24-20(23-14)16-4-3-11-22-12-16;;/h5-8,16,22H,3-4,9-13H2,1-2H3;2*1H. The molecule has 1 atom stereocenters. The highest BCUT2D eigenvalue weighted by molar-refractivity contribution is 5.95. The van der Waals surface area contributed by atoms with Crippen molar-refractivity contribution in [2.75, 3.05) is 25.1 Å². The van der Waals surface area contributed by atoms with E-state index in [1.54, 1.807) is 7.11 Å². The first kappa shape index (κ1) is 23.4. The molecule has 1 saturated heterocycles. The predicted molar refractivity (Wildman–Crippen MR) is 119 cm³/mol. The smallest absolute Gasteiger partial charge is 0.228 e. The molecule has 0 radical (unpaired) electrons. The van der Waals surface area contributed by atoms with E-state index in [0.717, 1.165) is 66.6 Å². The third-order valence-electron chi connectivity index (χ3n) is 5.52. The topological polar surface area (TPSA) is 67.3 Å². The van der Waals surface area contributed by atoms with Crippen LogP contribution in [-0.2, 0) is 17.8 Å². The Bertz CT molecular complexity index is 839. The summed E-state index contributed by atoms with van der Waals surface area (Å²) in [6.07, 6.45) is 3.47. The van der Waals surface area contributed by atoms with Crippen molar-refractivity contribution in [3.05, 3.63) is 46.9 Å². The number of rotatable bonds is 4. The number of aromatic nitrogens is 2. The third-order valence-corrected chi connectivity index (χ3v) is 5.52. The molecule has 3 heterocycles. The van der Waals surface area contributed by atoms with Crippen molar-refractivity contribution in [2.24, 2.45) is 0 Å². The van der Waals surface area contributed by atoms with Gasteiger partial charge in [-0.3, -0.25) is 9.69 Å². The second-order valence-corrected chi connectivity index (χ2v) is 7.34. The van der Waals surface area contributed by atoms with Crippen LogP contribution in [0.5, 0.6) is 5.75 Å². The number of carbonyl (C=O) groups is 1. The van der Waals surface area contributed by atoms with Crippen LogP contribution in [0.4, 0.5) is 5.82 Å². The molecule has 1 aromatic carbocycles. The molecule has 2 aliphatic heterocycles. The van der Waals surface area contributed by atoms with Gasteiger partial charge in [0.05, 0.1) is 13.7 Å². The van der Waals surface area contributed by atoms with Crippen LogP contribution in [0.25, 0.3) is 0 Å². The molecule has 1 amide bonds. The van der Waals surface area contributed by atoms with Crippen LogP contribution in [0.2, 0.25) is 0 Å². The van der Waals surface area contributed by atoms with Gasteiger partial charge in [-0.2, -0.15) is 0 Å². The maximum atomic E-state index is 12.7. The minimum Gasteiger partial charge on any atom is -0.497 e. The minimum atomic E-state index is 0. The fourth-order valence-electron chi connectivity index (χ4n) is 3.93. The Hall–Kier alpha value is -1.89. The van der Waals surface area contributed by atoms with Gasteiger partial charge >= 0.3 is 0 Å². The van der Waals surface area contributed by atoms with Crippen LogP contribution < -0.4 is 15.0 Å². The van der Waals surface area contributed by atoms with Gasteiger partial charge in [0.25, 0.3) is 0 Å². The highest BCUT2D eigenvalue weighted by Gasteiger charge is 2.29. The first-order valence-corrected chi connectivity index (χ1v) is 9.67. The maximum Gasteiger partial charge on any atom is 0.228 e. The average Bonchev–Trinajstić information content (AvgIpc) is 2.71. The number of benzene rings is 1. The van der Waals surface area contributed by atoms with Crippen molar-refractivity contribution < 1.29 is 9.53 Å². The Morgan fingerprint density at radius 2 is 1.93 bits per heavy atom. The molecule has 0 bridgehead atoms. The number of fused-ring (bicyclic) bond motifs is 1. The normalized spacial score (nSPS) is 18.3. The fourth-order valence-corrected chi connectivity index (χ4v) is 3.93. The van der Waals surface area contributed by atoms with Crippen LogP contribution in [0.1, 0.15) is 47.8 Å². The molecule has 1 N–H and O–H groups in total. The van der Waals surface area contributed by atoms with E-state index in [-0.39, 0.29) is 30.7 Å². The summed E-state index contributed by atoms with van der Waals surface area (Å²) >= 11 is 0. The summed E-state index contributed by atoms with van der Waals surface area (Å²) < 4.78 is 5.23. The summed E-state index contributed by atoms with van der Waals surface area (Å²) in [5.74, 6) is 2.93. The molecule has 1 unspecified atom stereocenters. The summed E-state index contributed by atoms with van der Waals surface area (Å²) in [6.45, 7) is 4.53. The molecule has 29 heavy (non-hydrogen) atoms. The zero-order valence-corrected chi connectivity index (χ0v) is 18.4. The zero-order valence-electron chi connectivity index (χ0n) is 16.8. The SMILES string of the molecule is COc1ccc(CN2C(=O)CCc3c(C)nc(C4CCCNC4)nc32)cc1.Cl.Cl. The van der Waals surface area contributed by atoms with E-state index in [2.05, 4.69) is 5.32 Å². The van der Waals surface area contributed by atoms with Gasteiger partial charge in [0.1, 0.15) is 17.4 Å². The number of amides is 1. The van der Waals surface area contributed by atoms with Gasteiger partial charge in [0.2, 0.25) is 5.91 Å². The van der Waals surface area contributed by atoms with E-state index in [9.17, 15) is 4.79 Å². The number of methoxy groups -OCH3 is 1. The zero-order chi connectivity index (χ0) is 18.8. The summed E-state index contributed by atoms with van der Waals surface area (Å²) in [5.41, 5.74) is 3.18. The number of carbonyl (C=O) groups excluding carboxylic acids is 1. The van der Waals surface area contributed by atoms with Crippen molar-refractivity contribution in [3.8, 4) is 5.75 Å². The quantitative estimate of drug-likeness (QED) is 0.789. The Balaban J connectivity index is 0.00000150. The van der Waals surface area contributed by atoms with E-state index in [4.69, 9.17) is 14.7 Å². The number of aryl methyl sites for hydroxylation is 1. The van der Waals surface area contributed by atoms with E-state index < -0.39 is 0 Å². The van der Waals surface area contributed by atoms with Crippen LogP contribution >= 0.6 is 24.8 Å². The Morgan fingerprint density at radius 1 is 1.17 bits per heavy atom. The first-order valence-electron chi connectivity index (χ1n) is 9.67. The average molecular weight is 439 g/mol. The summed E-state index contributed by atoms with van der Waals surface area (Å²) in [6, 6.07) is 7.85. The number of anilines is 1. The molecule has 0 saturated carbocycles. The second-order valence-electron chi connectivity index (χ2n) is 7.34. The molecular weight excluding hydrogens is 411 g/mol. The van der Waals surface area contributed by atoms with E-state index in [1.165, 1.54) is 0 Å². The van der Waals surface area contributed by atoms with Gasteiger partial charge in [-0.05, 0) is 50.4 Å². The largest absolute Gasteiger partial charge is 0.497 e. The molecule has 8 heteroatoms. The van der Waals surface area contributed by atoms with Crippen LogP contribution in [0.15, 0.2) is 24.3 Å². The Kier molecular flexibility index (Phi) is 8.25. The number of hydrogen-bond acceptors (Lipinski definition) is 5. The van der Waals surface area contributed by atoms with E-state index in [1.807, 2.05) is 36.1 Å². The molecule has 2 aromatic rings. The first-order chi connectivity index (χ1) is 13.2. The van der Waals surface area contributed by atoms with Crippen molar-refractivity contribution in [1.82, 2.24) is 15.3 Å². The molecule has 0 aliphatic carbocycles. The van der Waals surface area contributed by atoms with Gasteiger partial charge in [-0.15, -0.1) is 24.8 Å². The number of nitrogens with one attached hydrogen (secondary N) is 1. The Labute approximate surface area is 184 Å². The van der Waals surface area contributed by atoms with Crippen LogP contribution in [-0.4, -0.2) is 36.1 Å². The lowest BCUT2D eigenvalue weighted by atomic mass is 9.97. The van der Waals surface area contributed by atoms with Gasteiger partial charge < -0.3 is 10.1 Å². The molecule has 1 aromatic heterocycles. The molecule has 4 rings (SSSR count). The number of hydrogen-bond donors (Lipinski definition) is 1. The monoisotopic (exact) mass is 438 g/mol. The molecule has 6 nitrogen and oxygen atoms in total. The predicted octanol–water partition coefficient (Wildman–Crippen LogP) is 3.58. The summed E-state index contributed by atoms with van der Waals surface area (Å²) in [5, 5.41) is 3.43. The van der Waals surface area contributed by atoms with Gasteiger partial charge in [0, 0.05) is 30.1 Å². The molecule has 158 valence electrons. The van der Waals surface area contributed by atoms with E-state index >= 15 is 0 Å². The number of piperidine rings is 1. The highest BCUT2D eigenvalue weighted by atomic mass is 35.5. The molecule has 0 spiro atoms. The van der Waals surface area contributed by atoms with E-state index in [0.29, 0.717) is 18.9 Å². The Morgan fingerprint density at radius 3 is 2.59 bits per heavy atom. The minimum absolute atomic E-state index is 0. The summed E-state index contributed by atoms with van der Waals surface area (Å²) in [7, 11) is 1.65. The molecule has 2 aliphatic rings. The second kappa shape index (κ2) is 10.2. The van der Waals surface area contributed by atoms with Crippen molar-refractivity contribution in [2.45, 2.75) is 45.1 Å². The highest BCUT2D eigenvalue weighted by Crippen LogP contribution is 2.32. The molecule has 1 fully saturated rings. The molecular formula is C21H28Cl2N4O2. The lowest BCUT2D eigenvalue weighted by Crippen LogP contribution is -2.37. The van der Waals surface area contributed by atoms with Crippen LogP contribution in [0.3, 0.4) is 0 Å². The third kappa shape index (κ3) is 5.00. The van der Waals surface area contributed by atoms with Gasteiger partial charge in [-0.1, -0.05) is 12.1 Å². The van der Waals surface area contributed by atoms with Crippen LogP contribution in [0, 0.1) is 6.92 Å². The van der Waals surface area contributed by atoms with Gasteiger partial charge in [-0.25, -0.2) is 9.97 Å². The number of halogens is 2. The van der Waals surface area contributed by atoms with Crippen molar-refractivity contribution in [1.29, 1.82) is 0 Å². The fraction of sp³-hybridized carbons (Fsp3) is 0.476. The lowest BCUT2D eigenvalue weighted by Gasteiger charge is -2.31. The lowest BCUT2D eigenvalue weighted by molar-refractivity contribution is -0.119. The van der Waals surface area contributed by atoms with Gasteiger partial charge in [0.15, 0.2) is 0 Å².